The average Bonchev–Trinajstić information content (AvgIpc) is 3.34. The monoisotopic (exact) mass is 473 g/mol. The van der Waals surface area contributed by atoms with E-state index in [-0.39, 0.29) is 18.3 Å². The number of carbonyl (C=O) groups is 1. The lowest BCUT2D eigenvalue weighted by atomic mass is 9.91. The first kappa shape index (κ1) is 25.0. The second-order valence-corrected chi connectivity index (χ2v) is 9.09. The molecule has 2 aromatic rings. The molecule has 0 atom stereocenters. The summed E-state index contributed by atoms with van der Waals surface area (Å²) >= 11 is 5.84. The summed E-state index contributed by atoms with van der Waals surface area (Å²) in [6, 6.07) is 14.4. The minimum Gasteiger partial charge on any atom is -0.445 e. The van der Waals surface area contributed by atoms with E-state index >= 15 is 0 Å². The molecule has 0 bridgehead atoms. The highest BCUT2D eigenvalue weighted by molar-refractivity contribution is 6.30. The van der Waals surface area contributed by atoms with Crippen molar-refractivity contribution in [1.82, 2.24) is 10.6 Å². The topological polar surface area (TPSA) is 93.5 Å². The highest BCUT2D eigenvalue weighted by Gasteiger charge is 2.17. The smallest absolute Gasteiger partial charge is 0.407 e. The van der Waals surface area contributed by atoms with Gasteiger partial charge in [0.15, 0.2) is 0 Å². The van der Waals surface area contributed by atoms with Gasteiger partial charge in [0.2, 0.25) is 0 Å². The summed E-state index contributed by atoms with van der Waals surface area (Å²) in [6.45, 7) is 2.48. The maximum Gasteiger partial charge on any atom is 0.407 e. The van der Waals surface area contributed by atoms with Crippen molar-refractivity contribution in [2.75, 3.05) is 13.1 Å². The number of carbonyl (C=O) groups excluding carboxylic acids is 1. The third-order valence-electron chi connectivity index (χ3n) is 6.09. The number of ether oxygens (including phenoxy) is 1. The van der Waals surface area contributed by atoms with Crippen LogP contribution in [0.4, 0.5) is 10.5 Å². The highest BCUT2D eigenvalue weighted by Crippen LogP contribution is 2.20. The first-order valence-electron chi connectivity index (χ1n) is 11.6. The van der Waals surface area contributed by atoms with E-state index in [1.807, 2.05) is 12.1 Å². The summed E-state index contributed by atoms with van der Waals surface area (Å²) in [5.74, 6) is 0.859. The molecule has 2 aromatic carbocycles. The van der Waals surface area contributed by atoms with Crippen LogP contribution < -0.4 is 10.6 Å². The molecule has 1 aliphatic heterocycles. The molecule has 1 aliphatic carbocycles. The van der Waals surface area contributed by atoms with Crippen molar-refractivity contribution >= 4 is 23.4 Å². The van der Waals surface area contributed by atoms with E-state index < -0.39 is 11.0 Å². The van der Waals surface area contributed by atoms with Crippen molar-refractivity contribution in [3.05, 3.63) is 74.8 Å². The predicted molar refractivity (Wildman–Crippen MR) is 129 cm³/mol. The van der Waals surface area contributed by atoms with Crippen LogP contribution in [0.15, 0.2) is 48.5 Å². The third-order valence-corrected chi connectivity index (χ3v) is 6.34. The second kappa shape index (κ2) is 13.2. The number of hydrogen-bond acceptors (Lipinski definition) is 5. The molecule has 0 aromatic heterocycles. The Hall–Kier alpha value is -2.64. The quantitative estimate of drug-likeness (QED) is 0.418. The molecule has 0 unspecified atom stereocenters. The summed E-state index contributed by atoms with van der Waals surface area (Å²) < 4.78 is 5.07. The maximum absolute atomic E-state index is 11.5. The number of halogens is 1. The Kier molecular flexibility index (Phi) is 9.97. The number of piperidine rings is 1. The first-order valence-corrected chi connectivity index (χ1v) is 12.0. The van der Waals surface area contributed by atoms with Crippen LogP contribution in [-0.2, 0) is 17.8 Å². The number of benzene rings is 2. The van der Waals surface area contributed by atoms with Crippen LogP contribution in [0.25, 0.3) is 0 Å². The van der Waals surface area contributed by atoms with E-state index in [0.717, 1.165) is 42.2 Å². The molecule has 1 amide bonds. The van der Waals surface area contributed by atoms with Gasteiger partial charge in [0.05, 0.1) is 4.92 Å². The Morgan fingerprint density at radius 1 is 1.00 bits per heavy atom. The van der Waals surface area contributed by atoms with Crippen molar-refractivity contribution in [3.63, 3.8) is 0 Å². The van der Waals surface area contributed by atoms with E-state index in [2.05, 4.69) is 22.8 Å². The number of non-ortho nitro benzene ring substituents is 1. The number of nitro benzene ring substituents is 1. The van der Waals surface area contributed by atoms with Crippen LogP contribution in [0.5, 0.6) is 0 Å². The summed E-state index contributed by atoms with van der Waals surface area (Å²) in [5.41, 5.74) is 2.17. The summed E-state index contributed by atoms with van der Waals surface area (Å²) in [5, 5.41) is 17.5. The van der Waals surface area contributed by atoms with Gasteiger partial charge < -0.3 is 15.4 Å². The molecule has 4 rings (SSSR count). The fraction of sp³-hybridized carbons (Fsp3) is 0.480. The van der Waals surface area contributed by atoms with Gasteiger partial charge in [-0.2, -0.15) is 0 Å². The van der Waals surface area contributed by atoms with Gasteiger partial charge in [0.25, 0.3) is 5.69 Å². The van der Waals surface area contributed by atoms with Crippen LogP contribution >= 0.6 is 11.6 Å². The van der Waals surface area contributed by atoms with Crippen LogP contribution in [0.1, 0.15) is 49.7 Å². The standard InChI is InChI=1S/C13H16N2O4.C12H16ClN/c16-13(14-11-3-1-2-4-11)19-9-10-5-7-12(8-6-10)15(17)18;13-12-3-1-10(2-4-12)9-11-5-7-14-8-6-11/h5-8,11H,1-4,9H2,(H,14,16);1-4,11,14H,5-9H2. The van der Waals surface area contributed by atoms with E-state index in [1.165, 1.54) is 50.0 Å². The molecule has 1 saturated carbocycles. The third kappa shape index (κ3) is 9.02. The Bertz CT molecular complexity index is 878. The predicted octanol–water partition coefficient (Wildman–Crippen LogP) is 5.65. The molecular weight excluding hydrogens is 442 g/mol. The van der Waals surface area contributed by atoms with Crippen LogP contribution in [0, 0.1) is 16.0 Å². The maximum atomic E-state index is 11.5. The highest BCUT2D eigenvalue weighted by atomic mass is 35.5. The average molecular weight is 474 g/mol. The number of nitrogens with zero attached hydrogens (tertiary/aromatic N) is 1. The Morgan fingerprint density at radius 3 is 2.21 bits per heavy atom. The molecule has 2 aliphatic rings. The molecule has 2 fully saturated rings. The fourth-order valence-corrected chi connectivity index (χ4v) is 4.31. The molecule has 33 heavy (non-hydrogen) atoms. The second-order valence-electron chi connectivity index (χ2n) is 8.65. The van der Waals surface area contributed by atoms with Gasteiger partial charge in [-0.1, -0.05) is 36.6 Å². The lowest BCUT2D eigenvalue weighted by molar-refractivity contribution is -0.384. The summed E-state index contributed by atoms with van der Waals surface area (Å²) in [6.07, 6.45) is 7.70. The van der Waals surface area contributed by atoms with E-state index in [4.69, 9.17) is 16.3 Å². The summed E-state index contributed by atoms with van der Waals surface area (Å²) in [7, 11) is 0. The zero-order valence-corrected chi connectivity index (χ0v) is 19.6. The molecule has 0 radical (unpaired) electrons. The SMILES string of the molecule is Clc1ccc(CC2CCNCC2)cc1.O=C(NC1CCCC1)OCc1ccc([N+](=O)[O-])cc1. The molecule has 1 heterocycles. The Labute approximate surface area is 200 Å². The zero-order valence-electron chi connectivity index (χ0n) is 18.8. The van der Waals surface area contributed by atoms with E-state index in [0.29, 0.717) is 0 Å². The minimum absolute atomic E-state index is 0.0270. The van der Waals surface area contributed by atoms with Crippen molar-refractivity contribution in [1.29, 1.82) is 0 Å². The van der Waals surface area contributed by atoms with Crippen LogP contribution in [0.2, 0.25) is 5.02 Å². The number of hydrogen-bond donors (Lipinski definition) is 2. The number of rotatable bonds is 6. The lowest BCUT2D eigenvalue weighted by Crippen LogP contribution is -2.32. The van der Waals surface area contributed by atoms with E-state index in [9.17, 15) is 14.9 Å². The molecular formula is C25H32ClN3O4. The van der Waals surface area contributed by atoms with Gasteiger partial charge in [-0.05, 0) is 86.5 Å². The van der Waals surface area contributed by atoms with Gasteiger partial charge in [0, 0.05) is 23.2 Å². The Morgan fingerprint density at radius 2 is 1.61 bits per heavy atom. The largest absolute Gasteiger partial charge is 0.445 e. The van der Waals surface area contributed by atoms with Gasteiger partial charge in [-0.15, -0.1) is 0 Å². The van der Waals surface area contributed by atoms with Crippen molar-refractivity contribution in [3.8, 4) is 0 Å². The minimum atomic E-state index is -0.461. The van der Waals surface area contributed by atoms with Crippen molar-refractivity contribution in [2.24, 2.45) is 5.92 Å². The molecule has 7 nitrogen and oxygen atoms in total. The number of amides is 1. The van der Waals surface area contributed by atoms with Crippen LogP contribution in [-0.4, -0.2) is 30.1 Å². The number of nitrogens with one attached hydrogen (secondary N) is 2. The van der Waals surface area contributed by atoms with E-state index in [1.54, 1.807) is 12.1 Å². The van der Waals surface area contributed by atoms with Gasteiger partial charge >= 0.3 is 6.09 Å². The molecule has 178 valence electrons. The van der Waals surface area contributed by atoms with Crippen molar-refractivity contribution < 1.29 is 14.5 Å². The summed E-state index contributed by atoms with van der Waals surface area (Å²) in [4.78, 5) is 21.5. The van der Waals surface area contributed by atoms with Gasteiger partial charge in [-0.3, -0.25) is 10.1 Å². The molecule has 2 N–H and O–H groups in total. The molecule has 8 heteroatoms. The van der Waals surface area contributed by atoms with Gasteiger partial charge in [-0.25, -0.2) is 4.79 Å². The number of alkyl carbamates (subject to hydrolysis) is 1. The zero-order chi connectivity index (χ0) is 23.5. The normalized spacial score (nSPS) is 16.5. The lowest BCUT2D eigenvalue weighted by Gasteiger charge is -2.22. The van der Waals surface area contributed by atoms with Crippen molar-refractivity contribution in [2.45, 2.75) is 57.6 Å². The fourth-order valence-electron chi connectivity index (χ4n) is 4.18. The first-order chi connectivity index (χ1) is 16.0. The number of nitro groups is 1. The van der Waals surface area contributed by atoms with Gasteiger partial charge in [0.1, 0.15) is 6.61 Å². The van der Waals surface area contributed by atoms with Crippen LogP contribution in [0.3, 0.4) is 0 Å². The molecule has 0 spiro atoms. The molecule has 1 saturated heterocycles. The Balaban J connectivity index is 0.000000194.